The number of nitrogens with zero attached hydrogens (tertiary/aromatic N) is 4. The minimum absolute atomic E-state index is 0.0121. The molecule has 1 atom stereocenters. The van der Waals surface area contributed by atoms with Crippen LogP contribution in [0.4, 0.5) is 51.1 Å². The maximum atomic E-state index is 14.1. The van der Waals surface area contributed by atoms with E-state index < -0.39 is 59.3 Å². The fourth-order valence-electron chi connectivity index (χ4n) is 6.24. The summed E-state index contributed by atoms with van der Waals surface area (Å²) in [4.78, 5) is 23.4. The van der Waals surface area contributed by atoms with Gasteiger partial charge >= 0.3 is 24.5 Å². The van der Waals surface area contributed by atoms with Crippen molar-refractivity contribution in [2.45, 2.75) is 90.4 Å². The highest BCUT2D eigenvalue weighted by Crippen LogP contribution is 2.41. The summed E-state index contributed by atoms with van der Waals surface area (Å²) in [6, 6.07) is 3.13. The van der Waals surface area contributed by atoms with Crippen LogP contribution in [0.5, 0.6) is 5.75 Å². The van der Waals surface area contributed by atoms with Crippen molar-refractivity contribution in [2.75, 3.05) is 36.1 Å². The Morgan fingerprint density at radius 2 is 1.46 bits per heavy atom. The Bertz CT molecular complexity index is 1590. The Hall–Kier alpha value is -4.24. The number of rotatable bonds is 15. The van der Waals surface area contributed by atoms with E-state index in [9.17, 15) is 44.3 Å². The van der Waals surface area contributed by atoms with Crippen LogP contribution in [0.2, 0.25) is 0 Å². The second-order valence-electron chi connectivity index (χ2n) is 12.6. The Kier molecular flexibility index (Phi) is 13.3. The molecule has 0 radical (unpaired) electrons. The van der Waals surface area contributed by atoms with Crippen LogP contribution in [-0.2, 0) is 34.6 Å². The van der Waals surface area contributed by atoms with E-state index in [-0.39, 0.29) is 43.0 Å². The van der Waals surface area contributed by atoms with Gasteiger partial charge in [-0.2, -0.15) is 39.5 Å². The highest BCUT2D eigenvalue weighted by atomic mass is 19.4. The number of hydrogen-bond acceptors (Lipinski definition) is 7. The SMILES string of the molecule is CCOC(=O)CCCOc1cnc(N(Cc2cc(C(F)(F)F)ccc2N(CC)CC2CCCC2)C(C)c2cc(C(F)(F)F)cc(C(F)(F)F)c2)nc1. The molecule has 0 saturated heterocycles. The first kappa shape index (κ1) is 40.5. The van der Waals surface area contributed by atoms with Gasteiger partial charge in [0.2, 0.25) is 5.95 Å². The van der Waals surface area contributed by atoms with Gasteiger partial charge in [-0.05, 0) is 93.5 Å². The quantitative estimate of drug-likeness (QED) is 0.0871. The maximum absolute atomic E-state index is 14.1. The number of hydrogen-bond donors (Lipinski definition) is 0. The molecular weight excluding hydrogens is 707 g/mol. The van der Waals surface area contributed by atoms with Gasteiger partial charge in [0.15, 0.2) is 5.75 Å². The van der Waals surface area contributed by atoms with E-state index in [1.54, 1.807) is 6.92 Å². The van der Waals surface area contributed by atoms with Crippen LogP contribution in [0.1, 0.15) is 93.2 Å². The van der Waals surface area contributed by atoms with Crippen molar-refractivity contribution in [3.8, 4) is 5.75 Å². The van der Waals surface area contributed by atoms with E-state index in [1.807, 2.05) is 11.8 Å². The standard InChI is InChI=1S/C36H41F9N4O3/c1-4-48(21-24-9-6-7-10-24)31-13-12-27(34(37,38)39)17-26(31)22-49(33-46-19-30(20-47-33)52-14-8-11-32(50)51-5-2)23(3)25-15-28(35(40,41)42)18-29(16-25)36(43,44)45/h12-13,15-20,23-24H,4-11,14,21-22H2,1-3H3. The summed E-state index contributed by atoms with van der Waals surface area (Å²) in [6.07, 6.45) is -8.17. The molecule has 0 bridgehead atoms. The largest absolute Gasteiger partial charge is 0.490 e. The molecule has 0 amide bonds. The van der Waals surface area contributed by atoms with Crippen molar-refractivity contribution in [3.05, 3.63) is 76.6 Å². The minimum Gasteiger partial charge on any atom is -0.490 e. The smallest absolute Gasteiger partial charge is 0.416 e. The number of carbonyl (C=O) groups excluding carboxylic acids is 1. The minimum atomic E-state index is -5.13. The van der Waals surface area contributed by atoms with Gasteiger partial charge in [0.1, 0.15) is 0 Å². The summed E-state index contributed by atoms with van der Waals surface area (Å²) < 4.78 is 136. The van der Waals surface area contributed by atoms with Crippen molar-refractivity contribution in [1.29, 1.82) is 0 Å². The van der Waals surface area contributed by atoms with Gasteiger partial charge in [0, 0.05) is 31.7 Å². The number of benzene rings is 2. The number of esters is 1. The van der Waals surface area contributed by atoms with Crippen molar-refractivity contribution in [3.63, 3.8) is 0 Å². The second kappa shape index (κ2) is 17.1. The average molecular weight is 749 g/mol. The topological polar surface area (TPSA) is 67.8 Å². The highest BCUT2D eigenvalue weighted by molar-refractivity contribution is 5.69. The van der Waals surface area contributed by atoms with Crippen molar-refractivity contribution >= 4 is 17.6 Å². The summed E-state index contributed by atoms with van der Waals surface area (Å²) in [5, 5.41) is 0. The number of ether oxygens (including phenoxy) is 2. The molecule has 0 spiro atoms. The molecule has 1 heterocycles. The van der Waals surface area contributed by atoms with Crippen LogP contribution >= 0.6 is 0 Å². The van der Waals surface area contributed by atoms with Crippen LogP contribution in [0, 0.1) is 5.92 Å². The van der Waals surface area contributed by atoms with E-state index in [0.717, 1.165) is 37.8 Å². The Balaban J connectivity index is 1.78. The molecule has 1 fully saturated rings. The molecule has 0 N–H and O–H groups in total. The zero-order valence-electron chi connectivity index (χ0n) is 29.0. The fraction of sp³-hybridized carbons (Fsp3) is 0.528. The molecule has 1 saturated carbocycles. The first-order valence-electron chi connectivity index (χ1n) is 17.0. The summed E-state index contributed by atoms with van der Waals surface area (Å²) in [5.41, 5.74) is -3.87. The molecule has 1 aliphatic rings. The zero-order valence-corrected chi connectivity index (χ0v) is 29.0. The highest BCUT2D eigenvalue weighted by Gasteiger charge is 2.38. The van der Waals surface area contributed by atoms with Gasteiger partial charge < -0.3 is 19.3 Å². The molecule has 1 aromatic heterocycles. The van der Waals surface area contributed by atoms with Crippen LogP contribution in [-0.4, -0.2) is 42.2 Å². The van der Waals surface area contributed by atoms with E-state index in [4.69, 9.17) is 9.47 Å². The zero-order chi connectivity index (χ0) is 38.3. The normalized spacial score (nSPS) is 14.7. The third kappa shape index (κ3) is 10.9. The van der Waals surface area contributed by atoms with Crippen molar-refractivity contribution < 1.29 is 53.8 Å². The molecule has 1 aliphatic carbocycles. The molecule has 286 valence electrons. The first-order valence-corrected chi connectivity index (χ1v) is 17.0. The van der Waals surface area contributed by atoms with E-state index in [0.29, 0.717) is 43.2 Å². The number of aromatic nitrogens is 2. The monoisotopic (exact) mass is 748 g/mol. The lowest BCUT2D eigenvalue weighted by atomic mass is 9.98. The van der Waals surface area contributed by atoms with Gasteiger partial charge in [-0.25, -0.2) is 9.97 Å². The third-order valence-corrected chi connectivity index (χ3v) is 8.95. The molecule has 4 rings (SSSR count). The lowest BCUT2D eigenvalue weighted by Gasteiger charge is -2.34. The molecule has 7 nitrogen and oxygen atoms in total. The number of alkyl halides is 9. The Morgan fingerprint density at radius 3 is 2.00 bits per heavy atom. The van der Waals surface area contributed by atoms with Crippen LogP contribution in [0.3, 0.4) is 0 Å². The van der Waals surface area contributed by atoms with E-state index in [2.05, 4.69) is 9.97 Å². The van der Waals surface area contributed by atoms with Gasteiger partial charge in [-0.15, -0.1) is 0 Å². The molecular formula is C36H41F9N4O3. The number of halogens is 9. The predicted molar refractivity (Wildman–Crippen MR) is 176 cm³/mol. The lowest BCUT2D eigenvalue weighted by molar-refractivity contribution is -0.144. The van der Waals surface area contributed by atoms with Gasteiger partial charge in [-0.3, -0.25) is 4.79 Å². The second-order valence-corrected chi connectivity index (χ2v) is 12.6. The summed E-state index contributed by atoms with van der Waals surface area (Å²) in [7, 11) is 0. The molecule has 1 unspecified atom stereocenters. The van der Waals surface area contributed by atoms with Crippen LogP contribution < -0.4 is 14.5 Å². The third-order valence-electron chi connectivity index (χ3n) is 8.95. The summed E-state index contributed by atoms with van der Waals surface area (Å²) in [5.74, 6) is -0.139. The van der Waals surface area contributed by atoms with Crippen LogP contribution in [0.15, 0.2) is 48.8 Å². The molecule has 3 aromatic rings. The van der Waals surface area contributed by atoms with Crippen molar-refractivity contribution in [2.24, 2.45) is 5.92 Å². The van der Waals surface area contributed by atoms with Gasteiger partial charge in [0.25, 0.3) is 0 Å². The Labute approximate surface area is 296 Å². The van der Waals surface area contributed by atoms with Gasteiger partial charge in [0.05, 0.1) is 48.3 Å². The number of anilines is 2. The lowest BCUT2D eigenvalue weighted by Crippen LogP contribution is -2.32. The van der Waals surface area contributed by atoms with Gasteiger partial charge in [-0.1, -0.05) is 12.8 Å². The maximum Gasteiger partial charge on any atom is 0.416 e. The fourth-order valence-corrected chi connectivity index (χ4v) is 6.24. The number of carbonyl (C=O) groups is 1. The first-order chi connectivity index (χ1) is 24.4. The van der Waals surface area contributed by atoms with Crippen LogP contribution in [0.25, 0.3) is 0 Å². The van der Waals surface area contributed by atoms with E-state index in [1.165, 1.54) is 30.3 Å². The van der Waals surface area contributed by atoms with Crippen molar-refractivity contribution in [1.82, 2.24) is 9.97 Å². The van der Waals surface area contributed by atoms with E-state index >= 15 is 0 Å². The summed E-state index contributed by atoms with van der Waals surface area (Å²) >= 11 is 0. The molecule has 0 aliphatic heterocycles. The molecule has 52 heavy (non-hydrogen) atoms. The predicted octanol–water partition coefficient (Wildman–Crippen LogP) is 10.0. The summed E-state index contributed by atoms with van der Waals surface area (Å²) in [6.45, 7) is 5.75. The molecule has 2 aromatic carbocycles. The molecule has 16 heteroatoms. The Morgan fingerprint density at radius 1 is 0.865 bits per heavy atom. The average Bonchev–Trinajstić information content (AvgIpc) is 3.60.